The fourth-order valence-electron chi connectivity index (χ4n) is 2.35. The summed E-state index contributed by atoms with van der Waals surface area (Å²) >= 11 is 0. The highest BCUT2D eigenvalue weighted by Gasteiger charge is 2.29. The molecule has 0 atom stereocenters. The zero-order valence-corrected chi connectivity index (χ0v) is 11.4. The number of likely N-dealkylation sites (tertiary alicyclic amines) is 1. The number of amides is 3. The first-order valence-electron chi connectivity index (χ1n) is 7.19. The van der Waals surface area contributed by atoms with Crippen LogP contribution in [0, 0.1) is 5.92 Å². The molecule has 0 spiro atoms. The molecule has 2 N–H and O–H groups in total. The summed E-state index contributed by atoms with van der Waals surface area (Å²) in [5.74, 6) is 0.295. The lowest BCUT2D eigenvalue weighted by Gasteiger charge is -2.16. The number of carbonyl (C=O) groups excluding carboxylic acids is 2. The molecule has 1 aliphatic carbocycles. The van der Waals surface area contributed by atoms with Crippen molar-refractivity contribution in [2.24, 2.45) is 5.92 Å². The van der Waals surface area contributed by atoms with E-state index < -0.39 is 0 Å². The Labute approximate surface area is 118 Å². The van der Waals surface area contributed by atoms with Gasteiger partial charge in [-0.1, -0.05) is 0 Å². The van der Waals surface area contributed by atoms with Crippen LogP contribution in [0.25, 0.3) is 0 Å². The molecule has 106 valence electrons. The monoisotopic (exact) mass is 273 g/mol. The Hall–Kier alpha value is -2.04. The van der Waals surface area contributed by atoms with E-state index in [-0.39, 0.29) is 17.9 Å². The number of hydrogen-bond acceptors (Lipinski definition) is 2. The van der Waals surface area contributed by atoms with Gasteiger partial charge in [-0.2, -0.15) is 0 Å². The molecule has 1 saturated heterocycles. The first-order valence-corrected chi connectivity index (χ1v) is 7.19. The molecule has 3 amide bonds. The number of rotatable bonds is 3. The molecule has 0 bridgehead atoms. The highest BCUT2D eigenvalue weighted by molar-refractivity contribution is 5.94. The minimum absolute atomic E-state index is 0.0442. The van der Waals surface area contributed by atoms with Crippen LogP contribution in [0.3, 0.4) is 0 Å². The number of carbonyl (C=O) groups is 2. The molecule has 1 saturated carbocycles. The Morgan fingerprint density at radius 1 is 0.950 bits per heavy atom. The second kappa shape index (κ2) is 5.53. The van der Waals surface area contributed by atoms with Crippen molar-refractivity contribution in [1.29, 1.82) is 0 Å². The zero-order chi connectivity index (χ0) is 13.9. The number of benzene rings is 1. The van der Waals surface area contributed by atoms with Crippen LogP contribution in [0.15, 0.2) is 24.3 Å². The van der Waals surface area contributed by atoms with Crippen molar-refractivity contribution >= 4 is 23.3 Å². The molecule has 2 aliphatic rings. The maximum absolute atomic E-state index is 11.9. The van der Waals surface area contributed by atoms with Crippen molar-refractivity contribution in [3.05, 3.63) is 24.3 Å². The topological polar surface area (TPSA) is 61.4 Å². The molecular weight excluding hydrogens is 254 g/mol. The lowest BCUT2D eigenvalue weighted by molar-refractivity contribution is -0.117. The molecule has 0 unspecified atom stereocenters. The van der Waals surface area contributed by atoms with Gasteiger partial charge < -0.3 is 15.5 Å². The average Bonchev–Trinajstić information content (AvgIpc) is 3.16. The molecule has 20 heavy (non-hydrogen) atoms. The number of nitrogens with zero attached hydrogens (tertiary/aromatic N) is 1. The van der Waals surface area contributed by atoms with Gasteiger partial charge >= 0.3 is 6.03 Å². The Morgan fingerprint density at radius 3 is 2.05 bits per heavy atom. The summed E-state index contributed by atoms with van der Waals surface area (Å²) in [6.07, 6.45) is 4.16. The molecule has 5 heteroatoms. The summed E-state index contributed by atoms with van der Waals surface area (Å²) in [6, 6.07) is 7.23. The largest absolute Gasteiger partial charge is 0.326 e. The van der Waals surface area contributed by atoms with Crippen LogP contribution in [0.1, 0.15) is 25.7 Å². The van der Waals surface area contributed by atoms with Crippen molar-refractivity contribution in [3.63, 3.8) is 0 Å². The van der Waals surface area contributed by atoms with Crippen LogP contribution in [0.2, 0.25) is 0 Å². The van der Waals surface area contributed by atoms with E-state index in [9.17, 15) is 9.59 Å². The van der Waals surface area contributed by atoms with E-state index in [2.05, 4.69) is 10.6 Å². The summed E-state index contributed by atoms with van der Waals surface area (Å²) in [7, 11) is 0. The van der Waals surface area contributed by atoms with Crippen LogP contribution in [-0.2, 0) is 4.79 Å². The molecule has 0 radical (unpaired) electrons. The van der Waals surface area contributed by atoms with E-state index in [4.69, 9.17) is 0 Å². The van der Waals surface area contributed by atoms with Gasteiger partial charge in [0.1, 0.15) is 0 Å². The lowest BCUT2D eigenvalue weighted by Crippen LogP contribution is -2.32. The normalized spacial score (nSPS) is 17.9. The molecule has 0 aromatic heterocycles. The van der Waals surface area contributed by atoms with E-state index in [0.29, 0.717) is 0 Å². The predicted octanol–water partition coefficient (Wildman–Crippen LogP) is 2.66. The molecule has 2 fully saturated rings. The Kier molecular flexibility index (Phi) is 3.58. The number of urea groups is 1. The second-order valence-corrected chi connectivity index (χ2v) is 5.47. The zero-order valence-electron chi connectivity index (χ0n) is 11.4. The van der Waals surface area contributed by atoms with Crippen LogP contribution in [0.4, 0.5) is 16.2 Å². The standard InChI is InChI=1S/C15H19N3O2/c19-14(11-3-4-11)16-12-5-7-13(8-6-12)17-15(20)18-9-1-2-10-18/h5-8,11H,1-4,9-10H2,(H,16,19)(H,17,20). The van der Waals surface area contributed by atoms with Gasteiger partial charge in [0.05, 0.1) is 0 Å². The summed E-state index contributed by atoms with van der Waals surface area (Å²) < 4.78 is 0. The third kappa shape index (κ3) is 3.10. The quantitative estimate of drug-likeness (QED) is 0.889. The van der Waals surface area contributed by atoms with Crippen molar-refractivity contribution in [3.8, 4) is 0 Å². The van der Waals surface area contributed by atoms with Gasteiger partial charge in [0.2, 0.25) is 5.91 Å². The van der Waals surface area contributed by atoms with Gasteiger partial charge in [0.15, 0.2) is 0 Å². The molecule has 1 aromatic carbocycles. The van der Waals surface area contributed by atoms with E-state index in [1.807, 2.05) is 29.2 Å². The lowest BCUT2D eigenvalue weighted by atomic mass is 10.2. The van der Waals surface area contributed by atoms with Crippen molar-refractivity contribution < 1.29 is 9.59 Å². The molecule has 1 aliphatic heterocycles. The number of nitrogens with one attached hydrogen (secondary N) is 2. The van der Waals surface area contributed by atoms with Gasteiger partial charge in [0.25, 0.3) is 0 Å². The molecule has 1 heterocycles. The maximum Gasteiger partial charge on any atom is 0.321 e. The highest BCUT2D eigenvalue weighted by atomic mass is 16.2. The smallest absolute Gasteiger partial charge is 0.321 e. The summed E-state index contributed by atoms with van der Waals surface area (Å²) in [6.45, 7) is 1.67. The SMILES string of the molecule is O=C(Nc1ccc(NC(=O)N2CCCC2)cc1)C1CC1. The van der Waals surface area contributed by atoms with E-state index >= 15 is 0 Å². The van der Waals surface area contributed by atoms with Crippen molar-refractivity contribution in [2.45, 2.75) is 25.7 Å². The third-order valence-electron chi connectivity index (χ3n) is 3.75. The summed E-state index contributed by atoms with van der Waals surface area (Å²) in [4.78, 5) is 25.4. The van der Waals surface area contributed by atoms with Crippen LogP contribution < -0.4 is 10.6 Å². The number of anilines is 2. The van der Waals surface area contributed by atoms with Gasteiger partial charge in [-0.3, -0.25) is 4.79 Å². The Balaban J connectivity index is 1.55. The third-order valence-corrected chi connectivity index (χ3v) is 3.75. The van der Waals surface area contributed by atoms with Gasteiger partial charge in [-0.15, -0.1) is 0 Å². The first-order chi connectivity index (χ1) is 9.72. The number of hydrogen-bond donors (Lipinski definition) is 2. The van der Waals surface area contributed by atoms with Crippen molar-refractivity contribution in [2.75, 3.05) is 23.7 Å². The van der Waals surface area contributed by atoms with E-state index in [1.165, 1.54) is 0 Å². The van der Waals surface area contributed by atoms with E-state index in [1.54, 1.807) is 0 Å². The van der Waals surface area contributed by atoms with Gasteiger partial charge in [-0.25, -0.2) is 4.79 Å². The molecule has 1 aromatic rings. The summed E-state index contributed by atoms with van der Waals surface area (Å²) in [5.41, 5.74) is 1.53. The van der Waals surface area contributed by atoms with Crippen LogP contribution >= 0.6 is 0 Å². The minimum Gasteiger partial charge on any atom is -0.326 e. The first kappa shape index (κ1) is 13.0. The van der Waals surface area contributed by atoms with Gasteiger partial charge in [-0.05, 0) is 49.9 Å². The Bertz CT molecular complexity index is 502. The van der Waals surface area contributed by atoms with E-state index in [0.717, 1.165) is 50.1 Å². The van der Waals surface area contributed by atoms with Crippen molar-refractivity contribution in [1.82, 2.24) is 4.90 Å². The fraction of sp³-hybridized carbons (Fsp3) is 0.467. The predicted molar refractivity (Wildman–Crippen MR) is 77.6 cm³/mol. The van der Waals surface area contributed by atoms with Gasteiger partial charge in [0, 0.05) is 30.4 Å². The fourth-order valence-corrected chi connectivity index (χ4v) is 2.35. The molecular formula is C15H19N3O2. The highest BCUT2D eigenvalue weighted by Crippen LogP contribution is 2.30. The van der Waals surface area contributed by atoms with Crippen LogP contribution in [-0.4, -0.2) is 29.9 Å². The molecule has 5 nitrogen and oxygen atoms in total. The molecule has 3 rings (SSSR count). The summed E-state index contributed by atoms with van der Waals surface area (Å²) in [5, 5.41) is 5.75. The average molecular weight is 273 g/mol. The minimum atomic E-state index is -0.0442. The second-order valence-electron chi connectivity index (χ2n) is 5.47. The Morgan fingerprint density at radius 2 is 1.50 bits per heavy atom. The van der Waals surface area contributed by atoms with Crippen LogP contribution in [0.5, 0.6) is 0 Å². The maximum atomic E-state index is 11.9.